The van der Waals surface area contributed by atoms with Gasteiger partial charge >= 0.3 is 0 Å². The summed E-state index contributed by atoms with van der Waals surface area (Å²) in [4.78, 5) is 3.24. The first kappa shape index (κ1) is 6.47. The van der Waals surface area contributed by atoms with Crippen LogP contribution in [0.4, 0.5) is 11.4 Å². The van der Waals surface area contributed by atoms with E-state index in [0.717, 1.165) is 6.07 Å². The average Bonchev–Trinajstić information content (AvgIpc) is 1.82. The number of nitrogen functional groups attached to an aromatic ring is 2. The van der Waals surface area contributed by atoms with Gasteiger partial charge in [-0.25, -0.2) is 0 Å². The van der Waals surface area contributed by atoms with Gasteiger partial charge in [-0.3, -0.25) is 0 Å². The number of nitrogens with two attached hydrogens (primary N) is 2. The molecule has 0 aromatic carbocycles. The highest BCUT2D eigenvalue weighted by Gasteiger charge is 2.03. The van der Waals surface area contributed by atoms with E-state index >= 15 is 0 Å². The molecule has 0 aliphatic rings. The number of pyridine rings is 1. The molecule has 0 unspecified atom stereocenters. The number of rotatable bonds is 0. The topological polar surface area (TPSA) is 105 Å². The zero-order valence-electron chi connectivity index (χ0n) is 5.07. The highest BCUT2D eigenvalue weighted by atomic mass is 16.3. The molecule has 10 heavy (non-hydrogen) atoms. The Morgan fingerprint density at radius 2 is 1.90 bits per heavy atom. The molecule has 1 rings (SSSR count). The lowest BCUT2D eigenvalue weighted by Gasteiger charge is -2.00. The normalized spacial score (nSPS) is 9.60. The highest BCUT2D eigenvalue weighted by molar-refractivity contribution is 5.69. The first-order chi connectivity index (χ1) is 4.61. The van der Waals surface area contributed by atoms with Gasteiger partial charge in [-0.2, -0.15) is 4.98 Å². The number of nitrogens with zero attached hydrogens (tertiary/aromatic N) is 1. The van der Waals surface area contributed by atoms with Gasteiger partial charge in [0.25, 0.3) is 0 Å². The molecule has 0 fully saturated rings. The molecule has 1 aromatic heterocycles. The molecule has 0 atom stereocenters. The van der Waals surface area contributed by atoms with Gasteiger partial charge in [-0.1, -0.05) is 0 Å². The maximum atomic E-state index is 8.80. The van der Waals surface area contributed by atoms with Crippen molar-refractivity contribution in [1.29, 1.82) is 0 Å². The van der Waals surface area contributed by atoms with E-state index in [9.17, 15) is 0 Å². The van der Waals surface area contributed by atoms with Crippen LogP contribution in [-0.2, 0) is 0 Å². The molecule has 54 valence electrons. The monoisotopic (exact) mass is 141 g/mol. The Kier molecular flexibility index (Phi) is 1.26. The van der Waals surface area contributed by atoms with Crippen molar-refractivity contribution in [1.82, 2.24) is 4.98 Å². The van der Waals surface area contributed by atoms with Crippen molar-refractivity contribution in [2.24, 2.45) is 0 Å². The summed E-state index contributed by atoms with van der Waals surface area (Å²) >= 11 is 0. The number of hydrogen-bond donors (Lipinski definition) is 4. The summed E-state index contributed by atoms with van der Waals surface area (Å²) in [6.45, 7) is 0. The van der Waals surface area contributed by atoms with Crippen LogP contribution in [0.25, 0.3) is 0 Å². The van der Waals surface area contributed by atoms with Gasteiger partial charge in [0.2, 0.25) is 11.8 Å². The summed E-state index contributed by atoms with van der Waals surface area (Å²) in [7, 11) is 0. The number of aromatic hydroxyl groups is 2. The van der Waals surface area contributed by atoms with E-state index in [2.05, 4.69) is 4.98 Å². The van der Waals surface area contributed by atoms with Crippen LogP contribution in [0.3, 0.4) is 0 Å². The minimum absolute atomic E-state index is 0.0159. The third-order valence-corrected chi connectivity index (χ3v) is 1.06. The summed E-state index contributed by atoms with van der Waals surface area (Å²) < 4.78 is 0. The van der Waals surface area contributed by atoms with Crippen molar-refractivity contribution in [3.8, 4) is 11.8 Å². The quantitative estimate of drug-likeness (QED) is 0.395. The molecule has 0 bridgehead atoms. The van der Waals surface area contributed by atoms with E-state index in [1.807, 2.05) is 0 Å². The fourth-order valence-electron chi connectivity index (χ4n) is 0.547. The predicted octanol–water partition coefficient (Wildman–Crippen LogP) is -0.343. The molecule has 1 heterocycles. The van der Waals surface area contributed by atoms with E-state index in [4.69, 9.17) is 21.7 Å². The fourth-order valence-corrected chi connectivity index (χ4v) is 0.547. The molecule has 0 aliphatic heterocycles. The van der Waals surface area contributed by atoms with Crippen molar-refractivity contribution in [3.63, 3.8) is 0 Å². The van der Waals surface area contributed by atoms with E-state index in [-0.39, 0.29) is 17.3 Å². The van der Waals surface area contributed by atoms with Crippen LogP contribution in [0, 0.1) is 0 Å². The lowest BCUT2D eigenvalue weighted by atomic mass is 10.3. The van der Waals surface area contributed by atoms with Gasteiger partial charge in [0.1, 0.15) is 5.69 Å². The second-order valence-corrected chi connectivity index (χ2v) is 1.81. The third kappa shape index (κ3) is 0.883. The largest absolute Gasteiger partial charge is 0.493 e. The molecule has 5 nitrogen and oxygen atoms in total. The van der Waals surface area contributed by atoms with E-state index in [1.165, 1.54) is 0 Å². The van der Waals surface area contributed by atoms with Crippen LogP contribution in [-0.4, -0.2) is 15.2 Å². The number of aromatic nitrogens is 1. The molecular formula is C5H7N3O2. The molecule has 0 spiro atoms. The van der Waals surface area contributed by atoms with Crippen molar-refractivity contribution >= 4 is 11.4 Å². The SMILES string of the molecule is Nc1cc(O)nc(O)c1N. The van der Waals surface area contributed by atoms with E-state index < -0.39 is 5.88 Å². The molecule has 0 saturated heterocycles. The summed E-state index contributed by atoms with van der Waals surface area (Å²) in [5.41, 5.74) is 10.5. The Morgan fingerprint density at radius 3 is 2.40 bits per heavy atom. The molecule has 0 radical (unpaired) electrons. The first-order valence-corrected chi connectivity index (χ1v) is 2.55. The molecule has 1 aromatic rings. The van der Waals surface area contributed by atoms with Crippen LogP contribution in [0.5, 0.6) is 11.8 Å². The standard InChI is InChI=1S/C5H7N3O2/c6-2-1-3(9)8-5(10)4(2)7/h1H,7H2,(H4,6,8,9,10). The zero-order valence-corrected chi connectivity index (χ0v) is 5.07. The third-order valence-electron chi connectivity index (χ3n) is 1.06. The lowest BCUT2D eigenvalue weighted by Crippen LogP contribution is -1.95. The maximum Gasteiger partial charge on any atom is 0.240 e. The molecule has 5 heteroatoms. The second kappa shape index (κ2) is 1.94. The summed E-state index contributed by atoms with van der Waals surface area (Å²) in [6, 6.07) is 1.16. The van der Waals surface area contributed by atoms with Gasteiger partial charge < -0.3 is 21.7 Å². The summed E-state index contributed by atoms with van der Waals surface area (Å²) in [5.74, 6) is -0.790. The van der Waals surface area contributed by atoms with Crippen molar-refractivity contribution < 1.29 is 10.2 Å². The number of anilines is 2. The number of hydrogen-bond acceptors (Lipinski definition) is 5. The first-order valence-electron chi connectivity index (χ1n) is 2.55. The van der Waals surface area contributed by atoms with Gasteiger partial charge in [0.15, 0.2) is 0 Å². The fraction of sp³-hybridized carbons (Fsp3) is 0. The maximum absolute atomic E-state index is 8.80. The van der Waals surface area contributed by atoms with Gasteiger partial charge in [0.05, 0.1) is 5.69 Å². The average molecular weight is 141 g/mol. The van der Waals surface area contributed by atoms with Crippen LogP contribution in [0.2, 0.25) is 0 Å². The van der Waals surface area contributed by atoms with E-state index in [1.54, 1.807) is 0 Å². The Hall–Kier alpha value is -1.65. The minimum Gasteiger partial charge on any atom is -0.493 e. The molecule has 0 amide bonds. The van der Waals surface area contributed by atoms with Crippen LogP contribution in [0.1, 0.15) is 0 Å². The lowest BCUT2D eigenvalue weighted by molar-refractivity contribution is 0.416. The zero-order chi connectivity index (χ0) is 7.72. The summed E-state index contributed by atoms with van der Waals surface area (Å²) in [5, 5.41) is 17.5. The van der Waals surface area contributed by atoms with Gasteiger partial charge in [-0.15, -0.1) is 0 Å². The molecule has 0 aliphatic carbocycles. The minimum atomic E-state index is -0.447. The van der Waals surface area contributed by atoms with Crippen LogP contribution >= 0.6 is 0 Å². The Bertz CT molecular complexity index is 238. The van der Waals surface area contributed by atoms with Crippen LogP contribution < -0.4 is 11.5 Å². The molecule has 6 N–H and O–H groups in total. The van der Waals surface area contributed by atoms with Gasteiger partial charge in [-0.05, 0) is 0 Å². The van der Waals surface area contributed by atoms with Crippen molar-refractivity contribution in [2.45, 2.75) is 0 Å². The Morgan fingerprint density at radius 1 is 1.30 bits per heavy atom. The second-order valence-electron chi connectivity index (χ2n) is 1.81. The molecule has 0 saturated carbocycles. The Labute approximate surface area is 56.9 Å². The van der Waals surface area contributed by atoms with Gasteiger partial charge in [0, 0.05) is 6.07 Å². The Balaban J connectivity index is 3.31. The molecular weight excluding hydrogens is 134 g/mol. The van der Waals surface area contributed by atoms with Crippen molar-refractivity contribution in [2.75, 3.05) is 11.5 Å². The van der Waals surface area contributed by atoms with E-state index in [0.29, 0.717) is 0 Å². The summed E-state index contributed by atoms with van der Waals surface area (Å²) in [6.07, 6.45) is 0. The predicted molar refractivity (Wildman–Crippen MR) is 36.4 cm³/mol. The van der Waals surface area contributed by atoms with Crippen molar-refractivity contribution in [3.05, 3.63) is 6.07 Å². The highest BCUT2D eigenvalue weighted by Crippen LogP contribution is 2.26. The van der Waals surface area contributed by atoms with Crippen LogP contribution in [0.15, 0.2) is 6.07 Å². The smallest absolute Gasteiger partial charge is 0.240 e.